The SMILES string of the molecule is c1ccc(-c2ccc3c(c2)c2cc(-c4ccccc4)ccc2c2nc(-c4cccc(-c5c6oc7ccccc7c6cc6oc7ccccc7c56)c4)cnc32)cc1. The van der Waals surface area contributed by atoms with Gasteiger partial charge in [-0.3, -0.25) is 4.98 Å². The van der Waals surface area contributed by atoms with E-state index in [1.807, 2.05) is 30.5 Å². The predicted molar refractivity (Wildman–Crippen MR) is 231 cm³/mol. The molecule has 0 amide bonds. The summed E-state index contributed by atoms with van der Waals surface area (Å²) in [6.45, 7) is 0. The number of nitrogens with zero attached hydrogens (tertiary/aromatic N) is 2. The van der Waals surface area contributed by atoms with Gasteiger partial charge < -0.3 is 8.83 Å². The third-order valence-electron chi connectivity index (χ3n) is 11.3. The van der Waals surface area contributed by atoms with Crippen molar-refractivity contribution in [2.45, 2.75) is 0 Å². The summed E-state index contributed by atoms with van der Waals surface area (Å²) in [5, 5.41) is 8.64. The zero-order valence-electron chi connectivity index (χ0n) is 30.0. The van der Waals surface area contributed by atoms with Crippen molar-refractivity contribution < 1.29 is 8.83 Å². The van der Waals surface area contributed by atoms with Crippen LogP contribution < -0.4 is 0 Å². The van der Waals surface area contributed by atoms with Crippen LogP contribution in [0.1, 0.15) is 0 Å². The Kier molecular flexibility index (Phi) is 6.60. The molecule has 260 valence electrons. The van der Waals surface area contributed by atoms with Crippen molar-refractivity contribution in [1.82, 2.24) is 9.97 Å². The van der Waals surface area contributed by atoms with E-state index in [-0.39, 0.29) is 0 Å². The molecule has 4 heteroatoms. The number of rotatable bonds is 4. The maximum atomic E-state index is 6.67. The van der Waals surface area contributed by atoms with Crippen LogP contribution in [-0.4, -0.2) is 9.97 Å². The van der Waals surface area contributed by atoms with E-state index in [1.165, 1.54) is 22.3 Å². The fraction of sp³-hybridized carbons (Fsp3) is 0. The van der Waals surface area contributed by atoms with Crippen LogP contribution in [0.3, 0.4) is 0 Å². The zero-order valence-corrected chi connectivity index (χ0v) is 30.0. The van der Waals surface area contributed by atoms with Crippen LogP contribution in [0.5, 0.6) is 0 Å². The van der Waals surface area contributed by atoms with Crippen LogP contribution in [0, 0.1) is 0 Å². The first-order valence-corrected chi connectivity index (χ1v) is 18.9. The van der Waals surface area contributed by atoms with Crippen molar-refractivity contribution in [3.8, 4) is 44.6 Å². The Morgan fingerprint density at radius 1 is 0.339 bits per heavy atom. The fourth-order valence-corrected chi connectivity index (χ4v) is 8.65. The standard InChI is InChI=1S/C52H30N2O2/c1-3-12-31(13-4-1)33-22-24-38-41(27-33)42-28-34(32-14-5-2-6-15-32)23-25-39(42)51-50(38)53-30-44(54-51)35-16-11-17-36(26-35)48-49-40-19-8-10-21-46(40)55-47(49)29-43-37-18-7-9-20-45(37)56-52(43)48/h1-30H. The molecular formula is C52H30N2O2. The van der Waals surface area contributed by atoms with Crippen molar-refractivity contribution in [3.05, 3.63) is 182 Å². The van der Waals surface area contributed by atoms with Gasteiger partial charge in [0.25, 0.3) is 0 Å². The first-order valence-electron chi connectivity index (χ1n) is 18.9. The minimum absolute atomic E-state index is 0.804. The third kappa shape index (κ3) is 4.66. The number of para-hydroxylation sites is 2. The van der Waals surface area contributed by atoms with Crippen molar-refractivity contribution in [2.75, 3.05) is 0 Å². The number of furan rings is 2. The maximum Gasteiger partial charge on any atom is 0.144 e. The van der Waals surface area contributed by atoms with Gasteiger partial charge in [0.05, 0.1) is 22.9 Å². The Balaban J connectivity index is 1.09. The van der Waals surface area contributed by atoms with Gasteiger partial charge in [0, 0.05) is 43.4 Å². The molecule has 0 unspecified atom stereocenters. The lowest BCUT2D eigenvalue weighted by Gasteiger charge is -2.14. The minimum Gasteiger partial charge on any atom is -0.456 e. The Morgan fingerprint density at radius 2 is 0.929 bits per heavy atom. The first-order chi connectivity index (χ1) is 27.7. The Labute approximate surface area is 320 Å². The molecule has 4 nitrogen and oxygen atoms in total. The van der Waals surface area contributed by atoms with Crippen molar-refractivity contribution >= 4 is 76.5 Å². The molecule has 0 saturated heterocycles. The molecule has 0 atom stereocenters. The largest absolute Gasteiger partial charge is 0.456 e. The normalized spacial score (nSPS) is 11.9. The molecule has 56 heavy (non-hydrogen) atoms. The van der Waals surface area contributed by atoms with Crippen LogP contribution in [0.15, 0.2) is 191 Å². The second-order valence-corrected chi connectivity index (χ2v) is 14.5. The summed E-state index contributed by atoms with van der Waals surface area (Å²) < 4.78 is 13.2. The number of hydrogen-bond donors (Lipinski definition) is 0. The van der Waals surface area contributed by atoms with E-state index in [0.29, 0.717) is 0 Å². The summed E-state index contributed by atoms with van der Waals surface area (Å²) in [6, 6.07) is 61.7. The molecule has 3 heterocycles. The van der Waals surface area contributed by atoms with Crippen LogP contribution in [-0.2, 0) is 0 Å². The van der Waals surface area contributed by atoms with E-state index in [2.05, 4.69) is 152 Å². The highest BCUT2D eigenvalue weighted by Gasteiger charge is 2.22. The highest BCUT2D eigenvalue weighted by molar-refractivity contribution is 6.25. The van der Waals surface area contributed by atoms with Gasteiger partial charge >= 0.3 is 0 Å². The second kappa shape index (κ2) is 12.0. The molecule has 0 bridgehead atoms. The summed E-state index contributed by atoms with van der Waals surface area (Å²) in [6.07, 6.45) is 1.92. The second-order valence-electron chi connectivity index (χ2n) is 14.5. The molecule has 12 rings (SSSR count). The van der Waals surface area contributed by atoms with E-state index < -0.39 is 0 Å². The lowest BCUT2D eigenvalue weighted by molar-refractivity contribution is 0.664. The van der Waals surface area contributed by atoms with Gasteiger partial charge in [-0.15, -0.1) is 0 Å². The fourth-order valence-electron chi connectivity index (χ4n) is 8.65. The van der Waals surface area contributed by atoms with E-state index >= 15 is 0 Å². The van der Waals surface area contributed by atoms with Gasteiger partial charge in [0.2, 0.25) is 0 Å². The van der Waals surface area contributed by atoms with Crippen molar-refractivity contribution in [3.63, 3.8) is 0 Å². The maximum absolute atomic E-state index is 6.67. The van der Waals surface area contributed by atoms with E-state index in [0.717, 1.165) is 98.8 Å². The van der Waals surface area contributed by atoms with Gasteiger partial charge in [-0.25, -0.2) is 4.98 Å². The monoisotopic (exact) mass is 714 g/mol. The Bertz CT molecular complexity index is 3520. The first kappa shape index (κ1) is 30.9. The minimum atomic E-state index is 0.804. The third-order valence-corrected chi connectivity index (χ3v) is 11.3. The van der Waals surface area contributed by atoms with E-state index in [4.69, 9.17) is 18.8 Å². The topological polar surface area (TPSA) is 52.1 Å². The molecular weight excluding hydrogens is 685 g/mol. The predicted octanol–water partition coefficient (Wildman–Crippen LogP) is 14.4. The summed E-state index contributed by atoms with van der Waals surface area (Å²) in [4.78, 5) is 10.6. The Morgan fingerprint density at radius 3 is 1.64 bits per heavy atom. The molecule has 0 aliphatic rings. The van der Waals surface area contributed by atoms with Gasteiger partial charge in [0.15, 0.2) is 0 Å². The van der Waals surface area contributed by atoms with Crippen LogP contribution in [0.25, 0.3) is 121 Å². The molecule has 0 saturated carbocycles. The van der Waals surface area contributed by atoms with E-state index in [1.54, 1.807) is 0 Å². The molecule has 0 fully saturated rings. The number of fused-ring (bicyclic) bond motifs is 12. The summed E-state index contributed by atoms with van der Waals surface area (Å²) in [5.41, 5.74) is 13.6. The molecule has 12 aromatic rings. The smallest absolute Gasteiger partial charge is 0.144 e. The summed E-state index contributed by atoms with van der Waals surface area (Å²) in [5.74, 6) is 0. The van der Waals surface area contributed by atoms with Crippen LogP contribution in [0.2, 0.25) is 0 Å². The lowest BCUT2D eigenvalue weighted by atomic mass is 9.93. The molecule has 0 aliphatic heterocycles. The average Bonchev–Trinajstić information content (AvgIpc) is 3.84. The van der Waals surface area contributed by atoms with Gasteiger partial charge in [-0.05, 0) is 75.0 Å². The molecule has 0 aliphatic carbocycles. The summed E-state index contributed by atoms with van der Waals surface area (Å²) in [7, 11) is 0. The highest BCUT2D eigenvalue weighted by Crippen LogP contribution is 2.46. The highest BCUT2D eigenvalue weighted by atomic mass is 16.3. The Hall–Kier alpha value is -7.56. The number of hydrogen-bond acceptors (Lipinski definition) is 4. The van der Waals surface area contributed by atoms with Crippen molar-refractivity contribution in [2.24, 2.45) is 0 Å². The lowest BCUT2D eigenvalue weighted by Crippen LogP contribution is -1.93. The molecule has 9 aromatic carbocycles. The molecule has 0 spiro atoms. The summed E-state index contributed by atoms with van der Waals surface area (Å²) >= 11 is 0. The van der Waals surface area contributed by atoms with Gasteiger partial charge in [0.1, 0.15) is 22.3 Å². The molecule has 0 N–H and O–H groups in total. The number of benzene rings is 9. The van der Waals surface area contributed by atoms with Crippen LogP contribution >= 0.6 is 0 Å². The quantitative estimate of drug-likeness (QED) is 0.170. The average molecular weight is 715 g/mol. The molecule has 3 aromatic heterocycles. The van der Waals surface area contributed by atoms with Crippen molar-refractivity contribution in [1.29, 1.82) is 0 Å². The molecule has 0 radical (unpaired) electrons. The van der Waals surface area contributed by atoms with E-state index in [9.17, 15) is 0 Å². The van der Waals surface area contributed by atoms with Gasteiger partial charge in [-0.2, -0.15) is 0 Å². The zero-order chi connectivity index (χ0) is 36.7. The van der Waals surface area contributed by atoms with Gasteiger partial charge in [-0.1, -0.05) is 140 Å². The van der Waals surface area contributed by atoms with Crippen LogP contribution in [0.4, 0.5) is 0 Å². The number of aromatic nitrogens is 2.